The molecule has 0 radical (unpaired) electrons. The summed E-state index contributed by atoms with van der Waals surface area (Å²) >= 11 is 6.23. The van der Waals surface area contributed by atoms with Crippen LogP contribution in [-0.2, 0) is 7.05 Å². The predicted molar refractivity (Wildman–Crippen MR) is 68.0 cm³/mol. The Morgan fingerprint density at radius 1 is 1.35 bits per heavy atom. The number of hydrogen-bond acceptors (Lipinski definition) is 2. The number of imidazole rings is 2. The van der Waals surface area contributed by atoms with Gasteiger partial charge in [-0.25, -0.2) is 9.97 Å². The first kappa shape index (κ1) is 10.4. The first-order chi connectivity index (χ1) is 8.16. The van der Waals surface area contributed by atoms with Crippen molar-refractivity contribution in [2.75, 3.05) is 0 Å². The summed E-state index contributed by atoms with van der Waals surface area (Å²) in [6.07, 6.45) is 3.63. The second-order valence-electron chi connectivity index (χ2n) is 4.04. The van der Waals surface area contributed by atoms with E-state index in [1.807, 2.05) is 36.9 Å². The summed E-state index contributed by atoms with van der Waals surface area (Å²) < 4.78 is 1.92. The quantitative estimate of drug-likeness (QED) is 0.718. The number of aromatic nitrogens is 4. The number of fused-ring (bicyclic) bond motifs is 1. The van der Waals surface area contributed by atoms with Crippen molar-refractivity contribution in [2.45, 2.75) is 6.92 Å². The summed E-state index contributed by atoms with van der Waals surface area (Å²) in [6.45, 7) is 1.97. The Kier molecular flexibility index (Phi) is 2.19. The van der Waals surface area contributed by atoms with E-state index in [9.17, 15) is 0 Å². The Labute approximate surface area is 103 Å². The van der Waals surface area contributed by atoms with Gasteiger partial charge < -0.3 is 9.55 Å². The number of nitrogens with zero attached hydrogens (tertiary/aromatic N) is 3. The molecule has 0 aliphatic carbocycles. The monoisotopic (exact) mass is 246 g/mol. The van der Waals surface area contributed by atoms with Gasteiger partial charge in [0.15, 0.2) is 11.6 Å². The van der Waals surface area contributed by atoms with Crippen LogP contribution in [0.1, 0.15) is 5.56 Å². The molecule has 0 saturated heterocycles. The summed E-state index contributed by atoms with van der Waals surface area (Å²) in [5, 5.41) is 0.694. The molecule has 0 aliphatic rings. The Bertz CT molecular complexity index is 696. The van der Waals surface area contributed by atoms with E-state index >= 15 is 0 Å². The highest BCUT2D eigenvalue weighted by Gasteiger charge is 2.12. The molecule has 3 rings (SSSR count). The highest BCUT2D eigenvalue weighted by molar-refractivity contribution is 6.35. The normalized spacial score (nSPS) is 11.2. The van der Waals surface area contributed by atoms with E-state index in [1.54, 1.807) is 6.20 Å². The molecule has 3 aromatic rings. The molecule has 0 spiro atoms. The van der Waals surface area contributed by atoms with Crippen LogP contribution in [0, 0.1) is 6.92 Å². The molecule has 2 heterocycles. The van der Waals surface area contributed by atoms with Crippen LogP contribution >= 0.6 is 11.6 Å². The number of benzene rings is 1. The number of rotatable bonds is 1. The van der Waals surface area contributed by atoms with Gasteiger partial charge in [0, 0.05) is 19.4 Å². The van der Waals surface area contributed by atoms with Gasteiger partial charge in [-0.2, -0.15) is 0 Å². The molecule has 17 heavy (non-hydrogen) atoms. The fourth-order valence-electron chi connectivity index (χ4n) is 1.84. The van der Waals surface area contributed by atoms with Crippen LogP contribution < -0.4 is 0 Å². The molecule has 2 aromatic heterocycles. The lowest BCUT2D eigenvalue weighted by Gasteiger charge is -1.95. The number of halogens is 1. The summed E-state index contributed by atoms with van der Waals surface area (Å²) in [4.78, 5) is 12.0. The van der Waals surface area contributed by atoms with Gasteiger partial charge in [-0.1, -0.05) is 17.7 Å². The van der Waals surface area contributed by atoms with Crippen molar-refractivity contribution < 1.29 is 0 Å². The van der Waals surface area contributed by atoms with Gasteiger partial charge in [-0.05, 0) is 18.6 Å². The fraction of sp³-hybridized carbons (Fsp3) is 0.167. The summed E-state index contributed by atoms with van der Waals surface area (Å²) in [7, 11) is 1.93. The maximum atomic E-state index is 6.23. The Hall–Kier alpha value is -1.81. The summed E-state index contributed by atoms with van der Waals surface area (Å²) in [5.41, 5.74) is 2.75. The van der Waals surface area contributed by atoms with Crippen LogP contribution in [0.4, 0.5) is 0 Å². The minimum Gasteiger partial charge on any atom is -0.335 e. The topological polar surface area (TPSA) is 46.5 Å². The molecule has 0 unspecified atom stereocenters. The Morgan fingerprint density at radius 2 is 2.18 bits per heavy atom. The van der Waals surface area contributed by atoms with Gasteiger partial charge in [0.2, 0.25) is 0 Å². The van der Waals surface area contributed by atoms with E-state index in [1.165, 1.54) is 0 Å². The average molecular weight is 247 g/mol. The highest BCUT2D eigenvalue weighted by atomic mass is 35.5. The van der Waals surface area contributed by atoms with Crippen LogP contribution in [0.5, 0.6) is 0 Å². The van der Waals surface area contributed by atoms with Crippen molar-refractivity contribution in [1.82, 2.24) is 19.5 Å². The smallest absolute Gasteiger partial charge is 0.175 e. The standard InChI is InChI=1S/C12H11ClN4/c1-7-3-4-8-10(9(7)13)16-11(15-8)12-14-5-6-17(12)2/h3-6H,1-2H3,(H,15,16). The van der Waals surface area contributed by atoms with Crippen molar-refractivity contribution >= 4 is 22.6 Å². The summed E-state index contributed by atoms with van der Waals surface area (Å²) in [6, 6.07) is 3.96. The van der Waals surface area contributed by atoms with Gasteiger partial charge in [0.1, 0.15) is 5.52 Å². The molecule has 0 bridgehead atoms. The maximum absolute atomic E-state index is 6.23. The lowest BCUT2D eigenvalue weighted by molar-refractivity contribution is 0.913. The van der Waals surface area contributed by atoms with Crippen LogP contribution in [0.3, 0.4) is 0 Å². The van der Waals surface area contributed by atoms with Gasteiger partial charge in [0.25, 0.3) is 0 Å². The van der Waals surface area contributed by atoms with Crippen molar-refractivity contribution in [3.8, 4) is 11.6 Å². The SMILES string of the molecule is Cc1ccc2[nH]c(-c3nccn3C)nc2c1Cl. The average Bonchev–Trinajstić information content (AvgIpc) is 2.89. The lowest BCUT2D eigenvalue weighted by atomic mass is 10.2. The van der Waals surface area contributed by atoms with E-state index in [-0.39, 0.29) is 0 Å². The first-order valence-electron chi connectivity index (χ1n) is 5.29. The van der Waals surface area contributed by atoms with Crippen LogP contribution in [0.2, 0.25) is 5.02 Å². The van der Waals surface area contributed by atoms with E-state index in [4.69, 9.17) is 11.6 Å². The minimum atomic E-state index is 0.694. The van der Waals surface area contributed by atoms with Crippen molar-refractivity contribution in [1.29, 1.82) is 0 Å². The third kappa shape index (κ3) is 1.52. The molecule has 0 aliphatic heterocycles. The molecule has 1 aromatic carbocycles. The Balaban J connectivity index is 2.27. The molecule has 1 N–H and O–H groups in total. The lowest BCUT2D eigenvalue weighted by Crippen LogP contribution is -1.92. The fourth-order valence-corrected chi connectivity index (χ4v) is 2.05. The molecule has 4 nitrogen and oxygen atoms in total. The van der Waals surface area contributed by atoms with Gasteiger partial charge in [0.05, 0.1) is 10.5 Å². The highest BCUT2D eigenvalue weighted by Crippen LogP contribution is 2.27. The molecular formula is C12H11ClN4. The maximum Gasteiger partial charge on any atom is 0.175 e. The van der Waals surface area contributed by atoms with E-state index in [2.05, 4.69) is 15.0 Å². The third-order valence-corrected chi connectivity index (χ3v) is 3.30. The molecule has 0 saturated carbocycles. The number of aryl methyl sites for hydroxylation is 2. The number of aromatic amines is 1. The van der Waals surface area contributed by atoms with Gasteiger partial charge in [-0.3, -0.25) is 0 Å². The molecule has 0 atom stereocenters. The van der Waals surface area contributed by atoms with E-state index in [0.29, 0.717) is 5.02 Å². The number of hydrogen-bond donors (Lipinski definition) is 1. The van der Waals surface area contributed by atoms with Crippen molar-refractivity contribution in [3.05, 3.63) is 35.1 Å². The van der Waals surface area contributed by atoms with Gasteiger partial charge in [-0.15, -0.1) is 0 Å². The molecule has 0 amide bonds. The largest absolute Gasteiger partial charge is 0.335 e. The van der Waals surface area contributed by atoms with Crippen molar-refractivity contribution in [2.24, 2.45) is 7.05 Å². The van der Waals surface area contributed by atoms with Crippen LogP contribution in [-0.4, -0.2) is 19.5 Å². The number of nitrogens with one attached hydrogen (secondary N) is 1. The second-order valence-corrected chi connectivity index (χ2v) is 4.42. The van der Waals surface area contributed by atoms with Gasteiger partial charge >= 0.3 is 0 Å². The van der Waals surface area contributed by atoms with Crippen molar-refractivity contribution in [3.63, 3.8) is 0 Å². The van der Waals surface area contributed by atoms with E-state index < -0.39 is 0 Å². The molecule has 0 fully saturated rings. The molecule has 5 heteroatoms. The van der Waals surface area contributed by atoms with Crippen LogP contribution in [0.15, 0.2) is 24.5 Å². The molecule has 86 valence electrons. The number of H-pyrrole nitrogens is 1. The zero-order valence-electron chi connectivity index (χ0n) is 9.53. The second kappa shape index (κ2) is 3.60. The first-order valence-corrected chi connectivity index (χ1v) is 5.67. The third-order valence-electron chi connectivity index (χ3n) is 2.82. The van der Waals surface area contributed by atoms with E-state index in [0.717, 1.165) is 28.2 Å². The van der Waals surface area contributed by atoms with Crippen LogP contribution in [0.25, 0.3) is 22.7 Å². The zero-order chi connectivity index (χ0) is 12.0. The molecular weight excluding hydrogens is 236 g/mol. The predicted octanol–water partition coefficient (Wildman–Crippen LogP) is 2.93. The summed E-state index contributed by atoms with van der Waals surface area (Å²) in [5.74, 6) is 1.54. The zero-order valence-corrected chi connectivity index (χ0v) is 10.3. The Morgan fingerprint density at radius 3 is 2.88 bits per heavy atom. The minimum absolute atomic E-state index is 0.694.